The van der Waals surface area contributed by atoms with Gasteiger partial charge in [-0.25, -0.2) is 0 Å². The van der Waals surface area contributed by atoms with E-state index in [1.54, 1.807) is 24.3 Å². The van der Waals surface area contributed by atoms with Crippen molar-refractivity contribution in [3.05, 3.63) is 72.9 Å². The van der Waals surface area contributed by atoms with Gasteiger partial charge in [0.1, 0.15) is 5.75 Å². The zero-order chi connectivity index (χ0) is 11.9. The van der Waals surface area contributed by atoms with E-state index >= 15 is 0 Å². The number of hydrogen-bond acceptors (Lipinski definition) is 2. The Labute approximate surface area is 113 Å². The zero-order valence-electron chi connectivity index (χ0n) is 12.0. The number of phenols is 1. The number of hydrogen-bond donors (Lipinski definition) is 1. The molecule has 0 fully saturated rings. The van der Waals surface area contributed by atoms with Crippen LogP contribution in [-0.2, 0) is 0 Å². The second kappa shape index (κ2) is 7.20. The number of fused-ring (bicyclic) bond motifs is 1. The topological polar surface area (TPSA) is 33.1 Å². The minimum atomic E-state index is 0. The number of pyridine rings is 1. The van der Waals surface area contributed by atoms with Crippen LogP contribution in [0.2, 0.25) is 0 Å². The van der Waals surface area contributed by atoms with E-state index in [4.69, 9.17) is 5.11 Å². The Kier molecular flexibility index (Phi) is 5.56. The van der Waals surface area contributed by atoms with Gasteiger partial charge in [-0.2, -0.15) is 0 Å². The molecule has 0 radical (unpaired) electrons. The molecule has 3 rings (SSSR count). The van der Waals surface area contributed by atoms with Gasteiger partial charge >= 0.3 is 10.1 Å². The van der Waals surface area contributed by atoms with Gasteiger partial charge in [-0.1, -0.05) is 42.5 Å². The maximum atomic E-state index is 8.63. The molecule has 3 heteroatoms. The van der Waals surface area contributed by atoms with E-state index in [2.05, 4.69) is 17.1 Å². The molecule has 0 atom stereocenters. The number of rotatable bonds is 0. The number of para-hydroxylation sites is 2. The van der Waals surface area contributed by atoms with E-state index in [1.807, 2.05) is 36.5 Å². The van der Waals surface area contributed by atoms with Crippen molar-refractivity contribution in [1.29, 1.82) is 0 Å². The molecule has 0 aliphatic rings. The molecule has 88 valence electrons. The van der Waals surface area contributed by atoms with Crippen LogP contribution in [0.4, 0.5) is 0 Å². The van der Waals surface area contributed by atoms with Crippen LogP contribution in [0.5, 0.6) is 5.75 Å². The van der Waals surface area contributed by atoms with E-state index in [0.29, 0.717) is 5.75 Å². The van der Waals surface area contributed by atoms with Crippen molar-refractivity contribution in [3.8, 4) is 5.75 Å². The average molecular weight is 234 g/mol. The first-order valence-electron chi connectivity index (χ1n) is 5.40. The predicted octanol–water partition coefficient (Wildman–Crippen LogP) is 3.47. The monoisotopic (exact) mass is 234 g/mol. The summed E-state index contributed by atoms with van der Waals surface area (Å²) in [4.78, 5) is 4.18. The van der Waals surface area contributed by atoms with Crippen LogP contribution in [0, 0.1) is 0 Å². The van der Waals surface area contributed by atoms with Crippen molar-refractivity contribution in [2.75, 3.05) is 0 Å². The Hall–Kier alpha value is -2.18. The molecule has 1 N–H and O–H groups in total. The number of benzene rings is 2. The molecule has 18 heavy (non-hydrogen) atoms. The van der Waals surface area contributed by atoms with E-state index in [1.165, 1.54) is 5.39 Å². The van der Waals surface area contributed by atoms with Gasteiger partial charge in [-0.05, 0) is 24.3 Å². The number of aromatic hydroxyl groups is 1. The average Bonchev–Trinajstić information content (AvgIpc) is 2.41. The summed E-state index contributed by atoms with van der Waals surface area (Å²) in [7, 11) is 0. The maximum absolute atomic E-state index is 8.63. The molecule has 2 aromatic carbocycles. The Bertz CT molecular complexity index is 528. The van der Waals surface area contributed by atoms with Gasteiger partial charge in [-0.3, -0.25) is 4.98 Å². The molecule has 0 amide bonds. The van der Waals surface area contributed by atoms with Crippen LogP contribution >= 0.6 is 0 Å². The van der Waals surface area contributed by atoms with Gasteiger partial charge < -0.3 is 7.96 Å². The van der Waals surface area contributed by atoms with Crippen molar-refractivity contribution < 1.29 is 7.96 Å². The molecule has 3 aromatic rings. The molecule has 0 aliphatic heterocycles. The third kappa shape index (κ3) is 4.00. The fourth-order valence-corrected chi connectivity index (χ4v) is 1.44. The fourth-order valence-electron chi connectivity index (χ4n) is 1.44. The first kappa shape index (κ1) is 13.9. The van der Waals surface area contributed by atoms with E-state index in [0.717, 1.165) is 5.52 Å². The zero-order valence-corrected chi connectivity index (χ0v) is 10.0. The van der Waals surface area contributed by atoms with Crippen LogP contribution in [0.1, 0.15) is 2.85 Å². The number of nitrogens with zero attached hydrogens (tertiary/aromatic N) is 1. The second-order valence-electron chi connectivity index (χ2n) is 3.53. The van der Waals surface area contributed by atoms with Crippen LogP contribution in [-0.4, -0.2) is 20.2 Å². The standard InChI is InChI=1S/C9H7N.C6H6O.Be.2H/c1-2-6-9-8(4-1)5-3-7-10-9;7-6-4-2-1-3-5-6;;;/h1-7H;1-5,7H;;;/q;;+2;2*-1. The molecule has 0 spiro atoms. The molecule has 0 saturated carbocycles. The molecule has 0 aliphatic carbocycles. The van der Waals surface area contributed by atoms with E-state index in [9.17, 15) is 0 Å². The van der Waals surface area contributed by atoms with Crippen LogP contribution < -0.4 is 0 Å². The number of phenolic OH excluding ortho intramolecular Hbond substituents is 1. The Morgan fingerprint density at radius 1 is 0.778 bits per heavy atom. The SMILES string of the molecule is Oc1ccccc1.[Be+2].[H-].[H-].c1ccc2ncccc2c1. The summed E-state index contributed by atoms with van der Waals surface area (Å²) in [5, 5.41) is 9.83. The Morgan fingerprint density at radius 2 is 1.39 bits per heavy atom. The van der Waals surface area contributed by atoms with Gasteiger partial charge in [0.25, 0.3) is 0 Å². The second-order valence-corrected chi connectivity index (χ2v) is 3.53. The number of aromatic nitrogens is 1. The summed E-state index contributed by atoms with van der Waals surface area (Å²) in [6.07, 6.45) is 1.81. The summed E-state index contributed by atoms with van der Waals surface area (Å²) in [5.41, 5.74) is 1.06. The van der Waals surface area contributed by atoms with Crippen molar-refractivity contribution in [1.82, 2.24) is 4.98 Å². The quantitative estimate of drug-likeness (QED) is 0.604. The molecule has 0 unspecified atom stereocenters. The minimum Gasteiger partial charge on any atom is -1.00 e. The smallest absolute Gasteiger partial charge is 1.00 e. The molecule has 1 aromatic heterocycles. The first-order chi connectivity index (χ1) is 8.36. The van der Waals surface area contributed by atoms with Crippen LogP contribution in [0.25, 0.3) is 10.9 Å². The summed E-state index contributed by atoms with van der Waals surface area (Å²) in [6.45, 7) is 0. The fraction of sp³-hybridized carbons (Fsp3) is 0. The van der Waals surface area contributed by atoms with Crippen molar-refractivity contribution >= 4 is 21.0 Å². The summed E-state index contributed by atoms with van der Waals surface area (Å²) in [6, 6.07) is 20.8. The van der Waals surface area contributed by atoms with Gasteiger partial charge in [0.15, 0.2) is 0 Å². The van der Waals surface area contributed by atoms with Crippen molar-refractivity contribution in [3.63, 3.8) is 0 Å². The summed E-state index contributed by atoms with van der Waals surface area (Å²) >= 11 is 0. The largest absolute Gasteiger partial charge is 2.00 e. The third-order valence-electron chi connectivity index (χ3n) is 2.27. The minimum absolute atomic E-state index is 0. The van der Waals surface area contributed by atoms with Crippen molar-refractivity contribution in [2.45, 2.75) is 0 Å². The van der Waals surface area contributed by atoms with Gasteiger partial charge in [0, 0.05) is 11.6 Å². The third-order valence-corrected chi connectivity index (χ3v) is 2.27. The van der Waals surface area contributed by atoms with Crippen molar-refractivity contribution in [2.24, 2.45) is 0 Å². The Balaban J connectivity index is 0. The molecule has 0 bridgehead atoms. The molecular weight excluding hydrogens is 219 g/mol. The molecular formula is C15H15BeNO. The maximum Gasteiger partial charge on any atom is 2.00 e. The van der Waals surface area contributed by atoms with Gasteiger partial charge in [0.05, 0.1) is 5.52 Å². The van der Waals surface area contributed by atoms with Gasteiger partial charge in [0.2, 0.25) is 0 Å². The van der Waals surface area contributed by atoms with E-state index in [-0.39, 0.29) is 13.0 Å². The molecule has 0 saturated heterocycles. The van der Waals surface area contributed by atoms with E-state index < -0.39 is 0 Å². The summed E-state index contributed by atoms with van der Waals surface area (Å²) in [5.74, 6) is 0.322. The summed E-state index contributed by atoms with van der Waals surface area (Å²) < 4.78 is 0. The Morgan fingerprint density at radius 3 is 2.00 bits per heavy atom. The normalized spacial score (nSPS) is 8.89. The van der Waals surface area contributed by atoms with Crippen LogP contribution in [0.15, 0.2) is 72.9 Å². The van der Waals surface area contributed by atoms with Crippen LogP contribution in [0.3, 0.4) is 0 Å². The molecule has 2 nitrogen and oxygen atoms in total. The molecule has 1 heterocycles. The first-order valence-corrected chi connectivity index (χ1v) is 5.40. The predicted molar refractivity (Wildman–Crippen MR) is 77.8 cm³/mol. The van der Waals surface area contributed by atoms with Gasteiger partial charge in [-0.15, -0.1) is 0 Å².